The lowest BCUT2D eigenvalue weighted by atomic mass is 9.94. The summed E-state index contributed by atoms with van der Waals surface area (Å²) in [4.78, 5) is 43.3. The van der Waals surface area contributed by atoms with E-state index in [0.29, 0.717) is 100 Å². The number of carbonyl (C=O) groups is 3. The minimum Gasteiger partial charge on any atom is -0.491 e. The summed E-state index contributed by atoms with van der Waals surface area (Å²) in [7, 11) is 3.60. The fourth-order valence-corrected chi connectivity index (χ4v) is 7.45. The Labute approximate surface area is 350 Å². The molecule has 0 radical (unpaired) electrons. The summed E-state index contributed by atoms with van der Waals surface area (Å²) < 4.78 is 22.1. The number of hydrogen-bond donors (Lipinski definition) is 1. The first-order valence-corrected chi connectivity index (χ1v) is 20.0. The third-order valence-corrected chi connectivity index (χ3v) is 11.0. The molecule has 1 aliphatic heterocycles. The van der Waals surface area contributed by atoms with E-state index in [1.165, 1.54) is 4.90 Å². The standard InChI is InChI=1S/C46H50ClN5O7/c1-29-37(26-41(50(29)7)38-23-33(47)13-15-36(38)44(54)59-46(3,4)5)43(53)52(40-24-34(27-48)49(6)30(40)2)39-16-14-35(58-28-32-11-9-8-10-12-32)25-42(39)57-22-19-31-17-20-51(21-18-31)45(55)56/h8-16,23-26,31H,17-22,28H2,1-7H3,(H,55,56). The van der Waals surface area contributed by atoms with Gasteiger partial charge in [0, 0.05) is 60.9 Å². The highest BCUT2D eigenvalue weighted by Crippen LogP contribution is 2.42. The van der Waals surface area contributed by atoms with Gasteiger partial charge < -0.3 is 33.4 Å². The van der Waals surface area contributed by atoms with Gasteiger partial charge in [0.2, 0.25) is 0 Å². The SMILES string of the molecule is Cc1c(N(C(=O)c2cc(-c3cc(Cl)ccc3C(=O)OC(C)(C)C)n(C)c2C)c2ccc(OCc3ccccc3)cc2OCCC2CCN(C(=O)O)CC2)cc(C#N)n1C. The van der Waals surface area contributed by atoms with Crippen LogP contribution >= 0.6 is 11.6 Å². The van der Waals surface area contributed by atoms with Crippen LogP contribution in [0.25, 0.3) is 11.3 Å². The van der Waals surface area contributed by atoms with Gasteiger partial charge in [-0.15, -0.1) is 0 Å². The van der Waals surface area contributed by atoms with Gasteiger partial charge in [-0.05, 0) is 108 Å². The van der Waals surface area contributed by atoms with Gasteiger partial charge >= 0.3 is 12.1 Å². The van der Waals surface area contributed by atoms with Crippen molar-refractivity contribution in [1.82, 2.24) is 14.0 Å². The molecule has 3 heterocycles. The third-order valence-electron chi connectivity index (χ3n) is 10.8. The Morgan fingerprint density at radius 3 is 2.24 bits per heavy atom. The molecule has 3 aromatic carbocycles. The number of nitrogens with zero attached hydrogens (tertiary/aromatic N) is 5. The van der Waals surface area contributed by atoms with Gasteiger partial charge in [0.05, 0.1) is 29.1 Å². The zero-order valence-electron chi connectivity index (χ0n) is 34.5. The van der Waals surface area contributed by atoms with E-state index in [-0.39, 0.29) is 5.92 Å². The number of anilines is 2. The van der Waals surface area contributed by atoms with Crippen molar-refractivity contribution < 1.29 is 33.7 Å². The van der Waals surface area contributed by atoms with Gasteiger partial charge in [-0.1, -0.05) is 41.9 Å². The Morgan fingerprint density at radius 2 is 1.59 bits per heavy atom. The molecular weight excluding hydrogens is 770 g/mol. The highest BCUT2D eigenvalue weighted by molar-refractivity contribution is 6.31. The van der Waals surface area contributed by atoms with Crippen LogP contribution in [0.1, 0.15) is 83.4 Å². The molecule has 13 heteroatoms. The summed E-state index contributed by atoms with van der Waals surface area (Å²) in [5, 5.41) is 19.9. The molecule has 5 aromatic rings. The number of carboxylic acid groups (broad SMARTS) is 1. The molecule has 1 aliphatic rings. The number of rotatable bonds is 12. The summed E-state index contributed by atoms with van der Waals surface area (Å²) in [6.07, 6.45) is 1.23. The van der Waals surface area contributed by atoms with Gasteiger partial charge in [0.25, 0.3) is 5.91 Å². The van der Waals surface area contributed by atoms with E-state index in [1.54, 1.807) is 85.8 Å². The van der Waals surface area contributed by atoms with Crippen LogP contribution in [0.2, 0.25) is 5.02 Å². The molecule has 1 saturated heterocycles. The Kier molecular flexibility index (Phi) is 12.8. The zero-order chi connectivity index (χ0) is 42.6. The summed E-state index contributed by atoms with van der Waals surface area (Å²) in [6, 6.07) is 25.7. The van der Waals surface area contributed by atoms with Crippen molar-refractivity contribution in [2.24, 2.45) is 20.0 Å². The lowest BCUT2D eigenvalue weighted by molar-refractivity contribution is 0.00701. The van der Waals surface area contributed by atoms with E-state index in [9.17, 15) is 20.0 Å². The van der Waals surface area contributed by atoms with Crippen LogP contribution in [0.5, 0.6) is 11.5 Å². The summed E-state index contributed by atoms with van der Waals surface area (Å²) in [6.45, 7) is 10.6. The van der Waals surface area contributed by atoms with Crippen molar-refractivity contribution in [3.8, 4) is 28.8 Å². The van der Waals surface area contributed by atoms with Crippen molar-refractivity contribution in [2.45, 2.75) is 66.1 Å². The van der Waals surface area contributed by atoms with Crippen LogP contribution in [-0.2, 0) is 25.4 Å². The van der Waals surface area contributed by atoms with Crippen molar-refractivity contribution >= 4 is 40.9 Å². The number of hydrogen-bond acceptors (Lipinski definition) is 7. The molecule has 1 fully saturated rings. The number of esters is 1. The molecule has 2 amide bonds. The number of carbonyl (C=O) groups excluding carboxylic acids is 2. The van der Waals surface area contributed by atoms with Crippen LogP contribution < -0.4 is 14.4 Å². The van der Waals surface area contributed by atoms with Crippen LogP contribution in [0.3, 0.4) is 0 Å². The van der Waals surface area contributed by atoms with Crippen molar-refractivity contribution in [3.05, 3.63) is 118 Å². The fourth-order valence-electron chi connectivity index (χ4n) is 7.27. The van der Waals surface area contributed by atoms with E-state index < -0.39 is 23.6 Å². The van der Waals surface area contributed by atoms with E-state index in [2.05, 4.69) is 6.07 Å². The fraction of sp³-hybridized carbons (Fsp3) is 0.348. The maximum Gasteiger partial charge on any atom is 0.407 e. The Morgan fingerprint density at radius 1 is 0.881 bits per heavy atom. The zero-order valence-corrected chi connectivity index (χ0v) is 35.3. The Hall–Kier alpha value is -6.19. The van der Waals surface area contributed by atoms with Crippen molar-refractivity contribution in [1.29, 1.82) is 5.26 Å². The summed E-state index contributed by atoms with van der Waals surface area (Å²) in [5.41, 5.74) is 4.54. The molecule has 0 saturated carbocycles. The number of piperidine rings is 1. The van der Waals surface area contributed by atoms with Crippen molar-refractivity contribution in [2.75, 3.05) is 24.6 Å². The number of ether oxygens (including phenoxy) is 3. The van der Waals surface area contributed by atoms with Gasteiger partial charge in [-0.2, -0.15) is 5.26 Å². The second-order valence-electron chi connectivity index (χ2n) is 15.8. The Bertz CT molecular complexity index is 2400. The lowest BCUT2D eigenvalue weighted by Crippen LogP contribution is -2.37. The van der Waals surface area contributed by atoms with Crippen LogP contribution in [0.15, 0.2) is 78.9 Å². The molecule has 0 aliphatic carbocycles. The molecule has 2 aromatic heterocycles. The number of halogens is 1. The average molecular weight is 820 g/mol. The van der Waals surface area contributed by atoms with E-state index in [1.807, 2.05) is 55.8 Å². The summed E-state index contributed by atoms with van der Waals surface area (Å²) in [5.74, 6) is 0.273. The number of likely N-dealkylation sites (tertiary alicyclic amines) is 1. The highest BCUT2D eigenvalue weighted by atomic mass is 35.5. The predicted octanol–water partition coefficient (Wildman–Crippen LogP) is 9.84. The minimum absolute atomic E-state index is 0.265. The molecule has 12 nitrogen and oxygen atoms in total. The van der Waals surface area contributed by atoms with Crippen LogP contribution in [-0.4, -0.2) is 62.4 Å². The molecule has 308 valence electrons. The topological polar surface area (TPSA) is 139 Å². The largest absolute Gasteiger partial charge is 0.491 e. The number of benzene rings is 3. The smallest absolute Gasteiger partial charge is 0.407 e. The molecular formula is C46H50ClN5O7. The van der Waals surface area contributed by atoms with Gasteiger partial charge in [0.15, 0.2) is 0 Å². The van der Waals surface area contributed by atoms with Crippen LogP contribution in [0.4, 0.5) is 16.2 Å². The maximum absolute atomic E-state index is 15.3. The molecule has 0 spiro atoms. The number of aromatic nitrogens is 2. The molecule has 0 bridgehead atoms. The lowest BCUT2D eigenvalue weighted by Gasteiger charge is -2.30. The predicted molar refractivity (Wildman–Crippen MR) is 227 cm³/mol. The van der Waals surface area contributed by atoms with Gasteiger partial charge in [0.1, 0.15) is 35.5 Å². The summed E-state index contributed by atoms with van der Waals surface area (Å²) >= 11 is 6.51. The first-order chi connectivity index (χ1) is 28.1. The first-order valence-electron chi connectivity index (χ1n) is 19.6. The molecule has 1 N–H and O–H groups in total. The number of amides is 2. The monoisotopic (exact) mass is 819 g/mol. The molecule has 6 rings (SSSR count). The molecule has 0 atom stereocenters. The first kappa shape index (κ1) is 42.4. The second kappa shape index (κ2) is 17.7. The van der Waals surface area contributed by atoms with E-state index >= 15 is 4.79 Å². The van der Waals surface area contributed by atoms with Crippen molar-refractivity contribution in [3.63, 3.8) is 0 Å². The van der Waals surface area contributed by atoms with Crippen LogP contribution in [0, 0.1) is 31.1 Å². The normalized spacial score (nSPS) is 13.2. The molecule has 0 unspecified atom stereocenters. The highest BCUT2D eigenvalue weighted by Gasteiger charge is 2.32. The van der Waals surface area contributed by atoms with Gasteiger partial charge in [-0.25, -0.2) is 9.59 Å². The average Bonchev–Trinajstić information content (AvgIpc) is 3.66. The Balaban J connectivity index is 1.43. The third kappa shape index (κ3) is 9.58. The minimum atomic E-state index is -0.908. The number of nitriles is 1. The van der Waals surface area contributed by atoms with E-state index in [0.717, 1.165) is 18.4 Å². The van der Waals surface area contributed by atoms with Gasteiger partial charge in [-0.3, -0.25) is 9.69 Å². The molecule has 59 heavy (non-hydrogen) atoms. The quantitative estimate of drug-likeness (QED) is 0.123. The second-order valence-corrected chi connectivity index (χ2v) is 16.3. The maximum atomic E-state index is 15.3. The van der Waals surface area contributed by atoms with E-state index in [4.69, 9.17) is 25.8 Å².